The van der Waals surface area contributed by atoms with Gasteiger partial charge in [-0.05, 0) is 0 Å². The molecule has 0 aliphatic heterocycles. The summed E-state index contributed by atoms with van der Waals surface area (Å²) in [5.41, 5.74) is 0. The number of hydrogen-bond acceptors (Lipinski definition) is 6. The molecule has 0 spiro atoms. The van der Waals surface area contributed by atoms with Crippen LogP contribution >= 0.6 is 0 Å². The fraction of sp³-hybridized carbons (Fsp3) is 0.400. The van der Waals surface area contributed by atoms with Crippen LogP contribution in [0.15, 0.2) is 25.3 Å². The van der Waals surface area contributed by atoms with Crippen molar-refractivity contribution in [2.45, 2.75) is 11.7 Å². The van der Waals surface area contributed by atoms with Gasteiger partial charge >= 0.3 is 130 Å². The Morgan fingerprint density at radius 2 is 1.45 bits per heavy atom. The summed E-state index contributed by atoms with van der Waals surface area (Å²) in [6, 6.07) is 0. The van der Waals surface area contributed by atoms with Crippen molar-refractivity contribution in [3.63, 3.8) is 0 Å². The van der Waals surface area contributed by atoms with Crippen LogP contribution in [0.2, 0.25) is 0 Å². The van der Waals surface area contributed by atoms with Crippen LogP contribution in [0.25, 0.3) is 0 Å². The fourth-order valence-corrected chi connectivity index (χ4v) is 1.56. The van der Waals surface area contributed by atoms with Crippen molar-refractivity contribution in [2.24, 2.45) is 0 Å². The summed E-state index contributed by atoms with van der Waals surface area (Å²) in [5.74, 6) is -2.21. The standard InChI is InChI=1S/C10H14O7S.4Na.4H/c1-3-5-16-9(11)7-8(18(13,14)15)10(12)17-6-4-2;;;;;;;;/h3-4,8H,1-2,5-7H2,(H,13,14,15);;;;;;;;/q;4*+1;4*-1. The molecular formula is C10H18Na4O7S. The Kier molecular flexibility index (Phi) is 31.7. The maximum absolute atomic E-state index is 11.3. The largest absolute Gasteiger partial charge is 1.00 e. The van der Waals surface area contributed by atoms with Crippen molar-refractivity contribution >= 4 is 22.1 Å². The van der Waals surface area contributed by atoms with E-state index in [0.717, 1.165) is 0 Å². The molecule has 0 aromatic rings. The Labute approximate surface area is 224 Å². The van der Waals surface area contributed by atoms with Crippen LogP contribution in [0, 0.1) is 0 Å². The molecule has 0 rings (SSSR count). The Hall–Kier alpha value is 2.33. The first-order valence-corrected chi connectivity index (χ1v) is 6.33. The second kappa shape index (κ2) is 19.7. The molecule has 1 unspecified atom stereocenters. The average molecular weight is 374 g/mol. The van der Waals surface area contributed by atoms with Gasteiger partial charge in [-0.3, -0.25) is 14.1 Å². The molecule has 110 valence electrons. The first-order valence-electron chi connectivity index (χ1n) is 4.83. The molecule has 22 heavy (non-hydrogen) atoms. The summed E-state index contributed by atoms with van der Waals surface area (Å²) in [6.45, 7) is 6.20. The van der Waals surface area contributed by atoms with Gasteiger partial charge in [-0.1, -0.05) is 25.3 Å². The predicted molar refractivity (Wildman–Crippen MR) is 66.7 cm³/mol. The molecule has 0 radical (unpaired) electrons. The van der Waals surface area contributed by atoms with Gasteiger partial charge in [0, 0.05) is 0 Å². The molecule has 0 aliphatic rings. The fourth-order valence-electron chi connectivity index (χ4n) is 0.906. The molecule has 0 bridgehead atoms. The van der Waals surface area contributed by atoms with E-state index in [-0.39, 0.29) is 137 Å². The molecule has 0 aromatic heterocycles. The molecule has 0 aromatic carbocycles. The molecule has 0 saturated carbocycles. The number of hydrogen-bond donors (Lipinski definition) is 1. The molecule has 0 heterocycles. The van der Waals surface area contributed by atoms with E-state index in [1.807, 2.05) is 0 Å². The van der Waals surface area contributed by atoms with Crippen molar-refractivity contribution in [3.05, 3.63) is 25.3 Å². The van der Waals surface area contributed by atoms with E-state index >= 15 is 0 Å². The maximum Gasteiger partial charge on any atom is 1.00 e. The van der Waals surface area contributed by atoms with Crippen molar-refractivity contribution in [1.82, 2.24) is 0 Å². The molecular weight excluding hydrogens is 356 g/mol. The number of carbonyl (C=O) groups is 2. The Morgan fingerprint density at radius 1 is 1.05 bits per heavy atom. The van der Waals surface area contributed by atoms with E-state index in [1.165, 1.54) is 12.2 Å². The van der Waals surface area contributed by atoms with E-state index in [2.05, 4.69) is 22.6 Å². The van der Waals surface area contributed by atoms with E-state index in [1.54, 1.807) is 0 Å². The molecule has 1 N–H and O–H groups in total. The average Bonchev–Trinajstić information content (AvgIpc) is 2.28. The first kappa shape index (κ1) is 35.4. The molecule has 0 fully saturated rings. The summed E-state index contributed by atoms with van der Waals surface area (Å²) in [5, 5.41) is -2.00. The van der Waals surface area contributed by atoms with Crippen LogP contribution in [0.3, 0.4) is 0 Å². The molecule has 0 saturated heterocycles. The van der Waals surface area contributed by atoms with Crippen LogP contribution in [-0.4, -0.2) is 43.4 Å². The van der Waals surface area contributed by atoms with E-state index in [4.69, 9.17) is 4.55 Å². The van der Waals surface area contributed by atoms with E-state index < -0.39 is 33.7 Å². The quantitative estimate of drug-likeness (QED) is 0.195. The zero-order valence-corrected chi connectivity index (χ0v) is 22.4. The summed E-state index contributed by atoms with van der Waals surface area (Å²) in [4.78, 5) is 22.5. The normalized spacial score (nSPS) is 10.0. The zero-order valence-electron chi connectivity index (χ0n) is 17.6. The second-order valence-electron chi connectivity index (χ2n) is 3.10. The van der Waals surface area contributed by atoms with Gasteiger partial charge in [0.15, 0.2) is 5.25 Å². The van der Waals surface area contributed by atoms with Gasteiger partial charge in [0.25, 0.3) is 10.1 Å². The summed E-state index contributed by atoms with van der Waals surface area (Å²) in [7, 11) is -4.75. The van der Waals surface area contributed by atoms with E-state index in [9.17, 15) is 18.0 Å². The maximum atomic E-state index is 11.3. The van der Waals surface area contributed by atoms with Crippen LogP contribution in [-0.2, 0) is 29.2 Å². The van der Waals surface area contributed by atoms with Crippen LogP contribution in [0.4, 0.5) is 0 Å². The monoisotopic (exact) mass is 374 g/mol. The van der Waals surface area contributed by atoms with Gasteiger partial charge < -0.3 is 15.2 Å². The van der Waals surface area contributed by atoms with Crippen molar-refractivity contribution in [1.29, 1.82) is 0 Å². The molecule has 1 atom stereocenters. The number of carbonyl (C=O) groups excluding carboxylic acids is 2. The number of rotatable bonds is 8. The Balaban J connectivity index is -0.0000000516. The minimum Gasteiger partial charge on any atom is -1.00 e. The SMILES string of the molecule is C=CCOC(=O)CC(C(=O)OCC=C)S(=O)(=O)O.[H-].[H-].[H-].[H-].[Na+].[Na+].[Na+].[Na+]. The molecule has 0 amide bonds. The Bertz CT molecular complexity index is 455. The number of ether oxygens (including phenoxy) is 2. The predicted octanol–water partition coefficient (Wildman–Crippen LogP) is -11.4. The third-order valence-electron chi connectivity index (χ3n) is 1.68. The van der Waals surface area contributed by atoms with Crippen molar-refractivity contribution in [2.75, 3.05) is 13.2 Å². The van der Waals surface area contributed by atoms with Crippen molar-refractivity contribution in [3.8, 4) is 0 Å². The second-order valence-corrected chi connectivity index (χ2v) is 4.70. The van der Waals surface area contributed by atoms with Crippen LogP contribution < -0.4 is 118 Å². The Morgan fingerprint density at radius 3 is 1.82 bits per heavy atom. The minimum atomic E-state index is -4.75. The molecule has 7 nitrogen and oxygen atoms in total. The zero-order chi connectivity index (χ0) is 14.2. The minimum absolute atomic E-state index is 0. The third kappa shape index (κ3) is 17.2. The van der Waals surface area contributed by atoms with Gasteiger partial charge in [-0.2, -0.15) is 8.42 Å². The van der Waals surface area contributed by atoms with Gasteiger partial charge in [0.05, 0.1) is 6.42 Å². The first-order chi connectivity index (χ1) is 8.32. The van der Waals surface area contributed by atoms with Crippen molar-refractivity contribution < 1.29 is 156 Å². The smallest absolute Gasteiger partial charge is 1.00 e. The van der Waals surface area contributed by atoms with Gasteiger partial charge in [0.2, 0.25) is 0 Å². The summed E-state index contributed by atoms with van der Waals surface area (Å²) in [6.07, 6.45) is 1.66. The van der Waals surface area contributed by atoms with Crippen LogP contribution in [0.1, 0.15) is 12.1 Å². The number of esters is 2. The topological polar surface area (TPSA) is 107 Å². The summed E-state index contributed by atoms with van der Waals surface area (Å²) < 4.78 is 39.7. The van der Waals surface area contributed by atoms with E-state index in [0.29, 0.717) is 0 Å². The molecule has 12 heteroatoms. The third-order valence-corrected chi connectivity index (χ3v) is 2.76. The summed E-state index contributed by atoms with van der Waals surface area (Å²) >= 11 is 0. The van der Waals surface area contributed by atoms with Crippen LogP contribution in [0.5, 0.6) is 0 Å². The van der Waals surface area contributed by atoms with Gasteiger partial charge in [0.1, 0.15) is 13.2 Å². The van der Waals surface area contributed by atoms with Gasteiger partial charge in [-0.25, -0.2) is 0 Å². The molecule has 0 aliphatic carbocycles. The van der Waals surface area contributed by atoms with Gasteiger partial charge in [-0.15, -0.1) is 0 Å².